The highest BCUT2D eigenvalue weighted by atomic mass is 32.2. The van der Waals surface area contributed by atoms with Crippen LogP contribution < -0.4 is 10.0 Å². The minimum Gasteiger partial charge on any atom is -0.322 e. The Bertz CT molecular complexity index is 1310. The van der Waals surface area contributed by atoms with Crippen LogP contribution in [0.3, 0.4) is 0 Å². The van der Waals surface area contributed by atoms with Gasteiger partial charge < -0.3 is 5.32 Å². The van der Waals surface area contributed by atoms with Gasteiger partial charge in [0.05, 0.1) is 16.1 Å². The molecular weight excluding hydrogens is 456 g/mol. The molecule has 1 amide bonds. The minimum absolute atomic E-state index is 0.149. The molecule has 4 fully saturated rings. The molecule has 0 spiro atoms. The Hall–Kier alpha value is -3.12. The van der Waals surface area contributed by atoms with Gasteiger partial charge in [-0.25, -0.2) is 8.42 Å². The molecule has 5 nitrogen and oxygen atoms in total. The fourth-order valence-electron chi connectivity index (χ4n) is 7.03. The summed E-state index contributed by atoms with van der Waals surface area (Å²) in [5.74, 6) is 3.84. The second kappa shape index (κ2) is 8.83. The molecule has 0 aromatic heterocycles. The summed E-state index contributed by atoms with van der Waals surface area (Å²) in [5, 5.41) is 2.95. The average molecular weight is 487 g/mol. The van der Waals surface area contributed by atoms with Crippen LogP contribution in [-0.2, 0) is 10.0 Å². The van der Waals surface area contributed by atoms with Crippen molar-refractivity contribution in [3.63, 3.8) is 0 Å². The van der Waals surface area contributed by atoms with Gasteiger partial charge in [-0.3, -0.25) is 9.52 Å². The van der Waals surface area contributed by atoms with Crippen molar-refractivity contribution < 1.29 is 13.2 Å². The lowest BCUT2D eigenvalue weighted by atomic mass is 9.51. The van der Waals surface area contributed by atoms with E-state index in [0.717, 1.165) is 23.7 Å². The maximum atomic E-state index is 13.1. The van der Waals surface area contributed by atoms with Gasteiger partial charge in [0.2, 0.25) is 0 Å². The van der Waals surface area contributed by atoms with E-state index in [-0.39, 0.29) is 22.1 Å². The number of hydrogen-bond donors (Lipinski definition) is 2. The third kappa shape index (κ3) is 4.36. The molecular formula is C29H30N2O3S. The minimum atomic E-state index is -3.80. The first kappa shape index (κ1) is 22.4. The molecule has 4 saturated carbocycles. The molecule has 0 atom stereocenters. The SMILES string of the molecule is O=C(Nc1ccc(C2C3CC4CC(C3)CC2C4)cc1)c1ccccc1NS(=O)(=O)c1ccccc1. The number of nitrogens with one attached hydrogen (secondary N) is 2. The number of anilines is 2. The predicted molar refractivity (Wildman–Crippen MR) is 138 cm³/mol. The first-order valence-electron chi connectivity index (χ1n) is 12.5. The van der Waals surface area contributed by atoms with Crippen molar-refractivity contribution in [3.8, 4) is 0 Å². The van der Waals surface area contributed by atoms with Crippen LogP contribution in [0, 0.1) is 23.7 Å². The van der Waals surface area contributed by atoms with E-state index in [4.69, 9.17) is 0 Å². The highest BCUT2D eigenvalue weighted by Gasteiger charge is 2.48. The van der Waals surface area contributed by atoms with Gasteiger partial charge in [-0.2, -0.15) is 0 Å². The summed E-state index contributed by atoms with van der Waals surface area (Å²) in [5.41, 5.74) is 2.63. The number of amides is 1. The predicted octanol–water partition coefficient (Wildman–Crippen LogP) is 6.28. The van der Waals surface area contributed by atoms with Crippen molar-refractivity contribution in [1.82, 2.24) is 0 Å². The first-order valence-corrected chi connectivity index (χ1v) is 14.0. The van der Waals surface area contributed by atoms with Gasteiger partial charge in [-0.15, -0.1) is 0 Å². The van der Waals surface area contributed by atoms with Crippen LogP contribution in [0.1, 0.15) is 53.9 Å². The lowest BCUT2D eigenvalue weighted by molar-refractivity contribution is -0.00277. The van der Waals surface area contributed by atoms with Crippen LogP contribution in [0.2, 0.25) is 0 Å². The number of sulfonamides is 1. The Morgan fingerprint density at radius 3 is 1.97 bits per heavy atom. The molecule has 0 saturated heterocycles. The summed E-state index contributed by atoms with van der Waals surface area (Å²) in [6.07, 6.45) is 6.98. The van der Waals surface area contributed by atoms with Gasteiger partial charge in [0, 0.05) is 5.69 Å². The lowest BCUT2D eigenvalue weighted by Gasteiger charge is -2.54. The van der Waals surface area contributed by atoms with E-state index >= 15 is 0 Å². The first-order chi connectivity index (χ1) is 17.0. The summed E-state index contributed by atoms with van der Waals surface area (Å²) >= 11 is 0. The Balaban J connectivity index is 1.17. The average Bonchev–Trinajstić information content (AvgIpc) is 2.85. The van der Waals surface area contributed by atoms with Gasteiger partial charge >= 0.3 is 0 Å². The van der Waals surface area contributed by atoms with E-state index in [1.165, 1.54) is 49.8 Å². The molecule has 4 aliphatic carbocycles. The van der Waals surface area contributed by atoms with Crippen LogP contribution in [-0.4, -0.2) is 14.3 Å². The third-order valence-corrected chi connectivity index (χ3v) is 9.63. The molecule has 180 valence electrons. The zero-order valence-electron chi connectivity index (χ0n) is 19.6. The van der Waals surface area contributed by atoms with Crippen molar-refractivity contribution in [1.29, 1.82) is 0 Å². The molecule has 2 N–H and O–H groups in total. The van der Waals surface area contributed by atoms with E-state index in [1.807, 2.05) is 12.1 Å². The fraction of sp³-hybridized carbons (Fsp3) is 0.345. The number of hydrogen-bond acceptors (Lipinski definition) is 3. The molecule has 0 aliphatic heterocycles. The summed E-state index contributed by atoms with van der Waals surface area (Å²) in [4.78, 5) is 13.2. The van der Waals surface area contributed by atoms with Gasteiger partial charge in [0.1, 0.15) is 0 Å². The van der Waals surface area contributed by atoms with Gasteiger partial charge in [0.25, 0.3) is 15.9 Å². The Morgan fingerprint density at radius 1 is 0.714 bits per heavy atom. The van der Waals surface area contributed by atoms with Crippen molar-refractivity contribution >= 4 is 27.3 Å². The van der Waals surface area contributed by atoms with Crippen molar-refractivity contribution in [2.45, 2.75) is 42.9 Å². The smallest absolute Gasteiger partial charge is 0.261 e. The largest absolute Gasteiger partial charge is 0.322 e. The van der Waals surface area contributed by atoms with Gasteiger partial charge in [0.15, 0.2) is 0 Å². The maximum absolute atomic E-state index is 13.1. The number of rotatable bonds is 6. The zero-order chi connectivity index (χ0) is 24.0. The second-order valence-electron chi connectivity index (χ2n) is 10.5. The number of benzene rings is 3. The molecule has 4 bridgehead atoms. The fourth-order valence-corrected chi connectivity index (χ4v) is 8.13. The van der Waals surface area contributed by atoms with Crippen molar-refractivity contribution in [3.05, 3.63) is 90.0 Å². The highest BCUT2D eigenvalue weighted by molar-refractivity contribution is 7.92. The van der Waals surface area contributed by atoms with Crippen LogP contribution in [0.5, 0.6) is 0 Å². The molecule has 4 aliphatic rings. The number of carbonyl (C=O) groups excluding carboxylic acids is 1. The highest BCUT2D eigenvalue weighted by Crippen LogP contribution is 2.59. The van der Waals surface area contributed by atoms with Crippen LogP contribution in [0.4, 0.5) is 11.4 Å². The van der Waals surface area contributed by atoms with Crippen LogP contribution in [0.15, 0.2) is 83.8 Å². The van der Waals surface area contributed by atoms with E-state index in [1.54, 1.807) is 42.5 Å². The molecule has 6 heteroatoms. The molecule has 7 rings (SSSR count). The molecule has 3 aromatic carbocycles. The molecule has 0 unspecified atom stereocenters. The normalized spacial score (nSPS) is 26.9. The monoisotopic (exact) mass is 486 g/mol. The van der Waals surface area contributed by atoms with E-state index < -0.39 is 10.0 Å². The van der Waals surface area contributed by atoms with Gasteiger partial charge in [-0.05, 0) is 104 Å². The zero-order valence-corrected chi connectivity index (χ0v) is 20.4. The summed E-state index contributed by atoms with van der Waals surface area (Å²) in [6, 6.07) is 23.1. The van der Waals surface area contributed by atoms with E-state index in [2.05, 4.69) is 22.2 Å². The third-order valence-electron chi connectivity index (χ3n) is 8.25. The number of para-hydroxylation sites is 1. The van der Waals surface area contributed by atoms with Gasteiger partial charge in [-0.1, -0.05) is 42.5 Å². The summed E-state index contributed by atoms with van der Waals surface area (Å²) < 4.78 is 28.1. The molecule has 35 heavy (non-hydrogen) atoms. The lowest BCUT2D eigenvalue weighted by Crippen LogP contribution is -2.43. The standard InChI is InChI=1S/C29H30N2O3S/c32-29(26-8-4-5-9-27(26)31-35(33,34)25-6-2-1-3-7-25)30-24-12-10-21(11-13-24)28-22-15-19-14-20(17-22)18-23(28)16-19/h1-13,19-20,22-23,28,31H,14-18H2,(H,30,32). The van der Waals surface area contributed by atoms with Crippen molar-refractivity contribution in [2.24, 2.45) is 23.7 Å². The van der Waals surface area contributed by atoms with Crippen molar-refractivity contribution in [2.75, 3.05) is 10.0 Å². The molecule has 3 aromatic rings. The maximum Gasteiger partial charge on any atom is 0.261 e. The quantitative estimate of drug-likeness (QED) is 0.431. The summed E-state index contributed by atoms with van der Waals surface area (Å²) in [7, 11) is -3.80. The second-order valence-corrected chi connectivity index (χ2v) is 12.2. The Morgan fingerprint density at radius 2 is 1.31 bits per heavy atom. The Labute approximate surface area is 207 Å². The summed E-state index contributed by atoms with van der Waals surface area (Å²) in [6.45, 7) is 0. The molecule has 0 radical (unpaired) electrons. The van der Waals surface area contributed by atoms with E-state index in [0.29, 0.717) is 11.6 Å². The van der Waals surface area contributed by atoms with Crippen LogP contribution >= 0.6 is 0 Å². The van der Waals surface area contributed by atoms with E-state index in [9.17, 15) is 13.2 Å². The topological polar surface area (TPSA) is 75.3 Å². The number of carbonyl (C=O) groups is 1. The van der Waals surface area contributed by atoms with Crippen LogP contribution in [0.25, 0.3) is 0 Å². The molecule has 0 heterocycles. The Kier molecular flexibility index (Phi) is 5.64.